The third-order valence-corrected chi connectivity index (χ3v) is 5.78. The van der Waals surface area contributed by atoms with Crippen molar-refractivity contribution in [3.8, 4) is 0 Å². The molecule has 0 unspecified atom stereocenters. The molecule has 1 aromatic carbocycles. The molecule has 0 radical (unpaired) electrons. The highest BCUT2D eigenvalue weighted by molar-refractivity contribution is 9.10. The van der Waals surface area contributed by atoms with Gasteiger partial charge in [-0.2, -0.15) is 0 Å². The molecule has 1 N–H and O–H groups in total. The number of aliphatic hydroxyl groups is 1. The second-order valence-corrected chi connectivity index (χ2v) is 7.55. The largest absolute Gasteiger partial charge is 0.393 e. The van der Waals surface area contributed by atoms with Gasteiger partial charge in [0, 0.05) is 15.5 Å². The molecule has 2 aliphatic carbocycles. The third-order valence-electron chi connectivity index (χ3n) is 5.28. The number of aliphatic hydroxyl groups excluding tert-OH is 1. The van der Waals surface area contributed by atoms with Gasteiger partial charge in [0.15, 0.2) is 5.78 Å². The van der Waals surface area contributed by atoms with E-state index in [0.29, 0.717) is 5.78 Å². The lowest BCUT2D eigenvalue weighted by Gasteiger charge is -2.43. The van der Waals surface area contributed by atoms with Crippen molar-refractivity contribution < 1.29 is 9.90 Å². The number of halogens is 1. The molecule has 2 aliphatic rings. The van der Waals surface area contributed by atoms with Crippen molar-refractivity contribution in [1.82, 2.24) is 0 Å². The number of hydrogen-bond donors (Lipinski definition) is 1. The number of carbonyl (C=O) groups excluding carboxylic acids is 1. The summed E-state index contributed by atoms with van der Waals surface area (Å²) >= 11 is 3.46. The van der Waals surface area contributed by atoms with Crippen LogP contribution in [-0.2, 0) is 6.42 Å². The van der Waals surface area contributed by atoms with Gasteiger partial charge in [-0.1, -0.05) is 42.3 Å². The smallest absolute Gasteiger partial charge is 0.169 e. The van der Waals surface area contributed by atoms with Crippen LogP contribution in [0.15, 0.2) is 22.7 Å². The Morgan fingerprint density at radius 3 is 2.85 bits per heavy atom. The van der Waals surface area contributed by atoms with E-state index in [0.717, 1.165) is 35.7 Å². The van der Waals surface area contributed by atoms with Gasteiger partial charge in [-0.05, 0) is 48.8 Å². The van der Waals surface area contributed by atoms with Crippen LogP contribution in [0.4, 0.5) is 0 Å². The zero-order chi connectivity index (χ0) is 14.5. The number of rotatable bonds is 1. The summed E-state index contributed by atoms with van der Waals surface area (Å²) in [5, 5.41) is 10.3. The molecule has 0 saturated heterocycles. The normalized spacial score (nSPS) is 36.4. The zero-order valence-electron chi connectivity index (χ0n) is 12.0. The van der Waals surface area contributed by atoms with Crippen LogP contribution in [0, 0.1) is 17.3 Å². The summed E-state index contributed by atoms with van der Waals surface area (Å²) in [6, 6.07) is 6.05. The van der Waals surface area contributed by atoms with Gasteiger partial charge >= 0.3 is 0 Å². The predicted octanol–water partition coefficient (Wildman–Crippen LogP) is 3.99. The summed E-state index contributed by atoms with van der Waals surface area (Å²) in [4.78, 5) is 12.9. The molecule has 1 saturated carbocycles. The van der Waals surface area contributed by atoms with Crippen LogP contribution in [0.5, 0.6) is 0 Å². The Morgan fingerprint density at radius 1 is 1.40 bits per heavy atom. The summed E-state index contributed by atoms with van der Waals surface area (Å²) < 4.78 is 0.970. The van der Waals surface area contributed by atoms with E-state index in [9.17, 15) is 9.90 Å². The number of carbonyl (C=O) groups is 1. The molecule has 20 heavy (non-hydrogen) atoms. The highest BCUT2D eigenvalue weighted by Gasteiger charge is 2.51. The fraction of sp³-hybridized carbons (Fsp3) is 0.588. The second-order valence-electron chi connectivity index (χ2n) is 6.63. The Hall–Kier alpha value is -0.670. The average molecular weight is 337 g/mol. The fourth-order valence-corrected chi connectivity index (χ4v) is 4.63. The van der Waals surface area contributed by atoms with Crippen molar-refractivity contribution in [3.63, 3.8) is 0 Å². The Kier molecular flexibility index (Phi) is 3.54. The monoisotopic (exact) mass is 336 g/mol. The minimum Gasteiger partial charge on any atom is -0.393 e. The topological polar surface area (TPSA) is 37.3 Å². The summed E-state index contributed by atoms with van der Waals surface area (Å²) in [6.45, 7) is 4.20. The Labute approximate surface area is 128 Å². The van der Waals surface area contributed by atoms with Crippen LogP contribution < -0.4 is 0 Å². The summed E-state index contributed by atoms with van der Waals surface area (Å²) in [5.41, 5.74) is 1.80. The molecule has 1 spiro atoms. The molecule has 108 valence electrons. The number of Topliss-reactive ketones (excluding diaryl/α,β-unsaturated/α-hetero) is 1. The Morgan fingerprint density at radius 2 is 2.15 bits per heavy atom. The van der Waals surface area contributed by atoms with Crippen molar-refractivity contribution >= 4 is 21.7 Å². The molecule has 1 fully saturated rings. The number of benzene rings is 1. The maximum atomic E-state index is 12.9. The quantitative estimate of drug-likeness (QED) is 0.841. The van der Waals surface area contributed by atoms with Crippen molar-refractivity contribution in [3.05, 3.63) is 33.8 Å². The standard InChI is InChI=1S/C17H21BrO2/c1-3-11-8-17(7-10(2)15(11)19)9-12-4-5-13(18)6-14(12)16(17)20/h4-6,10-11,15,19H,3,7-9H2,1-2H3/t10-,11+,15+,17+/m0/s1. The van der Waals surface area contributed by atoms with Crippen LogP contribution in [0.2, 0.25) is 0 Å². The highest BCUT2D eigenvalue weighted by atomic mass is 79.9. The minimum atomic E-state index is -0.261. The van der Waals surface area contributed by atoms with E-state index in [-0.39, 0.29) is 23.4 Å². The van der Waals surface area contributed by atoms with Crippen molar-refractivity contribution in [1.29, 1.82) is 0 Å². The van der Waals surface area contributed by atoms with Crippen molar-refractivity contribution in [2.45, 2.75) is 45.6 Å². The molecule has 2 nitrogen and oxygen atoms in total. The lowest BCUT2D eigenvalue weighted by atomic mass is 9.62. The molecule has 0 aromatic heterocycles. The van der Waals surface area contributed by atoms with Gasteiger partial charge in [0.1, 0.15) is 0 Å². The number of ketones is 1. The van der Waals surface area contributed by atoms with Gasteiger partial charge in [0.25, 0.3) is 0 Å². The van der Waals surface area contributed by atoms with Crippen molar-refractivity contribution in [2.75, 3.05) is 0 Å². The van der Waals surface area contributed by atoms with E-state index in [4.69, 9.17) is 0 Å². The van der Waals surface area contributed by atoms with E-state index in [1.807, 2.05) is 12.1 Å². The lowest BCUT2D eigenvalue weighted by Crippen LogP contribution is -2.44. The van der Waals surface area contributed by atoms with E-state index in [2.05, 4.69) is 35.8 Å². The van der Waals surface area contributed by atoms with E-state index in [1.54, 1.807) is 0 Å². The number of hydrogen-bond acceptors (Lipinski definition) is 2. The molecule has 0 heterocycles. The van der Waals surface area contributed by atoms with Gasteiger partial charge < -0.3 is 5.11 Å². The van der Waals surface area contributed by atoms with E-state index < -0.39 is 0 Å². The minimum absolute atomic E-state index is 0.204. The van der Waals surface area contributed by atoms with Crippen LogP contribution in [0.3, 0.4) is 0 Å². The molecule has 3 rings (SSSR count). The second kappa shape index (κ2) is 4.96. The first kappa shape index (κ1) is 14.3. The van der Waals surface area contributed by atoms with E-state index >= 15 is 0 Å². The van der Waals surface area contributed by atoms with Crippen molar-refractivity contribution in [2.24, 2.45) is 17.3 Å². The molecular weight excluding hydrogens is 316 g/mol. The summed E-state index contributed by atoms with van der Waals surface area (Å²) in [7, 11) is 0. The van der Waals surface area contributed by atoms with Gasteiger partial charge in [0.2, 0.25) is 0 Å². The predicted molar refractivity (Wildman–Crippen MR) is 82.8 cm³/mol. The van der Waals surface area contributed by atoms with Crippen LogP contribution in [-0.4, -0.2) is 17.0 Å². The maximum absolute atomic E-state index is 12.9. The van der Waals surface area contributed by atoms with Gasteiger partial charge in [-0.15, -0.1) is 0 Å². The molecular formula is C17H21BrO2. The highest BCUT2D eigenvalue weighted by Crippen LogP contribution is 2.51. The SMILES string of the molecule is CC[C@@H]1C[C@@]2(Cc3ccc(Br)cc3C2=O)C[C@H](C)[C@H]1O. The van der Waals surface area contributed by atoms with Gasteiger partial charge in [-0.3, -0.25) is 4.79 Å². The summed E-state index contributed by atoms with van der Waals surface area (Å²) in [5.74, 6) is 0.752. The Bertz CT molecular complexity index is 554. The first-order chi connectivity index (χ1) is 9.47. The first-order valence-corrected chi connectivity index (χ1v) is 8.27. The van der Waals surface area contributed by atoms with Crippen LogP contribution >= 0.6 is 15.9 Å². The zero-order valence-corrected chi connectivity index (χ0v) is 13.6. The van der Waals surface area contributed by atoms with E-state index in [1.165, 1.54) is 5.56 Å². The summed E-state index contributed by atoms with van der Waals surface area (Å²) in [6.07, 6.45) is 3.19. The Balaban J connectivity index is 1.97. The maximum Gasteiger partial charge on any atom is 0.169 e. The van der Waals surface area contributed by atoms with Gasteiger partial charge in [-0.25, -0.2) is 0 Å². The molecule has 0 amide bonds. The average Bonchev–Trinajstić information content (AvgIpc) is 2.68. The molecule has 4 atom stereocenters. The third kappa shape index (κ3) is 2.06. The van der Waals surface area contributed by atoms with Crippen LogP contribution in [0.25, 0.3) is 0 Å². The lowest BCUT2D eigenvalue weighted by molar-refractivity contribution is -0.0239. The molecule has 3 heteroatoms. The molecule has 0 aliphatic heterocycles. The van der Waals surface area contributed by atoms with Gasteiger partial charge in [0.05, 0.1) is 6.10 Å². The number of fused-ring (bicyclic) bond motifs is 1. The first-order valence-electron chi connectivity index (χ1n) is 7.48. The van der Waals surface area contributed by atoms with Crippen LogP contribution in [0.1, 0.15) is 49.0 Å². The fourth-order valence-electron chi connectivity index (χ4n) is 4.27. The molecule has 0 bridgehead atoms. The molecule has 1 aromatic rings.